The molecular formula is C27H32FN5O3S. The number of fused-ring (bicyclic) bond motifs is 1. The van der Waals surface area contributed by atoms with Crippen LogP contribution < -0.4 is 4.72 Å². The molecule has 1 amide bonds. The highest BCUT2D eigenvalue weighted by atomic mass is 32.2. The number of aromatic nitrogens is 3. The van der Waals surface area contributed by atoms with Crippen molar-refractivity contribution >= 4 is 15.9 Å². The Morgan fingerprint density at radius 3 is 2.62 bits per heavy atom. The van der Waals surface area contributed by atoms with E-state index in [2.05, 4.69) is 14.8 Å². The van der Waals surface area contributed by atoms with Crippen molar-refractivity contribution < 1.29 is 17.6 Å². The van der Waals surface area contributed by atoms with Gasteiger partial charge < -0.3 is 4.90 Å². The summed E-state index contributed by atoms with van der Waals surface area (Å²) >= 11 is 0. The predicted molar refractivity (Wildman–Crippen MR) is 138 cm³/mol. The minimum atomic E-state index is -4.19. The summed E-state index contributed by atoms with van der Waals surface area (Å²) in [5.41, 5.74) is 4.99. The first kappa shape index (κ1) is 25.5. The lowest BCUT2D eigenvalue weighted by atomic mass is 9.90. The van der Waals surface area contributed by atoms with Crippen molar-refractivity contribution in [1.29, 1.82) is 0 Å². The Balaban J connectivity index is 1.46. The van der Waals surface area contributed by atoms with Gasteiger partial charge in [0.05, 0.1) is 18.2 Å². The van der Waals surface area contributed by atoms with E-state index in [0.717, 1.165) is 41.8 Å². The van der Waals surface area contributed by atoms with Crippen molar-refractivity contribution in [2.45, 2.75) is 69.5 Å². The van der Waals surface area contributed by atoms with Crippen LogP contribution >= 0.6 is 0 Å². The summed E-state index contributed by atoms with van der Waals surface area (Å²) in [6.45, 7) is 3.83. The third-order valence-corrected chi connectivity index (χ3v) is 8.62. The summed E-state index contributed by atoms with van der Waals surface area (Å²) in [5, 5.41) is 4.22. The number of sulfonamides is 1. The summed E-state index contributed by atoms with van der Waals surface area (Å²) in [6, 6.07) is 6.78. The molecule has 0 aliphatic heterocycles. The smallest absolute Gasteiger partial charge is 0.283 e. The lowest BCUT2D eigenvalue weighted by molar-refractivity contribution is -0.118. The molecule has 1 fully saturated rings. The van der Waals surface area contributed by atoms with Gasteiger partial charge in [0, 0.05) is 24.0 Å². The lowest BCUT2D eigenvalue weighted by Gasteiger charge is -2.20. The van der Waals surface area contributed by atoms with E-state index in [0.29, 0.717) is 29.5 Å². The summed E-state index contributed by atoms with van der Waals surface area (Å²) in [6.07, 6.45) is 5.42. The van der Waals surface area contributed by atoms with Gasteiger partial charge in [0.2, 0.25) is 5.91 Å². The molecule has 1 N–H and O–H groups in total. The average Bonchev–Trinajstić information content (AvgIpc) is 3.37. The van der Waals surface area contributed by atoms with Crippen molar-refractivity contribution in [2.75, 3.05) is 14.1 Å². The largest absolute Gasteiger partial charge is 0.301 e. The molecule has 2 aliphatic carbocycles. The van der Waals surface area contributed by atoms with Gasteiger partial charge in [-0.15, -0.1) is 0 Å². The molecule has 0 spiro atoms. The Bertz CT molecular complexity index is 1480. The van der Waals surface area contributed by atoms with E-state index in [1.54, 1.807) is 23.0 Å². The Hall–Kier alpha value is -3.11. The van der Waals surface area contributed by atoms with E-state index in [4.69, 9.17) is 0 Å². The van der Waals surface area contributed by atoms with Crippen molar-refractivity contribution in [1.82, 2.24) is 24.4 Å². The van der Waals surface area contributed by atoms with Gasteiger partial charge in [0.25, 0.3) is 10.0 Å². The van der Waals surface area contributed by atoms with Crippen LogP contribution in [-0.2, 0) is 34.1 Å². The fourth-order valence-corrected chi connectivity index (χ4v) is 6.03. The number of carbonyl (C=O) groups is 1. The zero-order valence-electron chi connectivity index (χ0n) is 21.6. The highest BCUT2D eigenvalue weighted by molar-refractivity contribution is 7.90. The SMILES string of the molecule is Cc1cc(-c2cc(F)c3c(c2CC(=O)NS(=O)(=O)c2cc(C(C)N(C)C)n(C4CC4)n2)CCC3)ccn1. The van der Waals surface area contributed by atoms with Crippen molar-refractivity contribution in [3.63, 3.8) is 0 Å². The zero-order valence-corrected chi connectivity index (χ0v) is 22.4. The summed E-state index contributed by atoms with van der Waals surface area (Å²) in [7, 11) is -0.338. The molecule has 5 rings (SSSR count). The first-order valence-electron chi connectivity index (χ1n) is 12.6. The molecule has 1 atom stereocenters. The molecule has 0 radical (unpaired) electrons. The van der Waals surface area contributed by atoms with Crippen LogP contribution in [0.25, 0.3) is 11.1 Å². The number of carbonyl (C=O) groups excluding carboxylic acids is 1. The quantitative estimate of drug-likeness (QED) is 0.479. The maximum Gasteiger partial charge on any atom is 0.283 e. The van der Waals surface area contributed by atoms with E-state index in [-0.39, 0.29) is 29.3 Å². The molecule has 1 unspecified atom stereocenters. The Kier molecular flexibility index (Phi) is 6.66. The Morgan fingerprint density at radius 2 is 1.95 bits per heavy atom. The van der Waals surface area contributed by atoms with Crippen LogP contribution in [0.1, 0.15) is 66.3 Å². The molecule has 2 aromatic heterocycles. The fraction of sp³-hybridized carbons (Fsp3) is 0.444. The first-order valence-corrected chi connectivity index (χ1v) is 14.1. The summed E-state index contributed by atoms with van der Waals surface area (Å²) in [4.78, 5) is 19.4. The van der Waals surface area contributed by atoms with Crippen LogP contribution in [0.3, 0.4) is 0 Å². The molecule has 0 bridgehead atoms. The van der Waals surface area contributed by atoms with Crippen molar-refractivity contribution in [3.8, 4) is 11.1 Å². The van der Waals surface area contributed by atoms with Crippen LogP contribution in [0.2, 0.25) is 0 Å². The van der Waals surface area contributed by atoms with Gasteiger partial charge in [0.15, 0.2) is 5.03 Å². The summed E-state index contributed by atoms with van der Waals surface area (Å²) in [5.74, 6) is -0.960. The van der Waals surface area contributed by atoms with Crippen LogP contribution in [0.4, 0.5) is 4.39 Å². The van der Waals surface area contributed by atoms with E-state index in [1.807, 2.05) is 38.9 Å². The molecule has 3 aromatic rings. The second-order valence-corrected chi connectivity index (χ2v) is 11.9. The van der Waals surface area contributed by atoms with Gasteiger partial charge in [-0.25, -0.2) is 9.11 Å². The summed E-state index contributed by atoms with van der Waals surface area (Å²) < 4.78 is 45.4. The third kappa shape index (κ3) is 5.04. The normalized spacial score (nSPS) is 16.2. The van der Waals surface area contributed by atoms with Gasteiger partial charge in [-0.2, -0.15) is 13.5 Å². The molecular weight excluding hydrogens is 493 g/mol. The molecule has 2 heterocycles. The molecule has 2 aliphatic rings. The second kappa shape index (κ2) is 9.64. The van der Waals surface area contributed by atoms with Gasteiger partial charge in [0.1, 0.15) is 5.82 Å². The molecule has 10 heteroatoms. The van der Waals surface area contributed by atoms with E-state index >= 15 is 0 Å². The number of hydrogen-bond donors (Lipinski definition) is 1. The number of rotatable bonds is 8. The number of halogens is 1. The van der Waals surface area contributed by atoms with E-state index in [1.165, 1.54) is 6.07 Å². The van der Waals surface area contributed by atoms with Gasteiger partial charge in [-0.05, 0) is 106 Å². The average molecular weight is 526 g/mol. The third-order valence-electron chi connectivity index (χ3n) is 7.37. The number of nitrogens with zero attached hydrogens (tertiary/aromatic N) is 4. The molecule has 196 valence electrons. The number of amides is 1. The molecule has 1 saturated carbocycles. The molecule has 1 aromatic carbocycles. The number of pyridine rings is 1. The maximum atomic E-state index is 15.0. The predicted octanol–water partition coefficient (Wildman–Crippen LogP) is 3.89. The topological polar surface area (TPSA) is 97.2 Å². The first-order chi connectivity index (χ1) is 17.5. The number of hydrogen-bond acceptors (Lipinski definition) is 6. The minimum Gasteiger partial charge on any atom is -0.301 e. The number of benzene rings is 1. The number of aryl methyl sites for hydroxylation is 1. The zero-order chi connectivity index (χ0) is 26.5. The van der Waals surface area contributed by atoms with Crippen LogP contribution in [-0.4, -0.2) is 48.1 Å². The number of nitrogens with one attached hydrogen (secondary N) is 1. The van der Waals surface area contributed by atoms with Crippen LogP contribution in [0.5, 0.6) is 0 Å². The van der Waals surface area contributed by atoms with Gasteiger partial charge in [-0.3, -0.25) is 14.5 Å². The standard InChI is InChI=1S/C27H32FN5O3S/c1-16-12-18(10-11-29-16)22-13-24(28)21-7-5-6-20(21)23(22)14-26(34)31-37(35,36)27-15-25(17(2)32(3)4)33(30-27)19-8-9-19/h10-13,15,17,19H,5-9,14H2,1-4H3,(H,31,34). The highest BCUT2D eigenvalue weighted by Gasteiger charge is 2.33. The minimum absolute atomic E-state index is 0.0408. The van der Waals surface area contributed by atoms with Gasteiger partial charge >= 0.3 is 0 Å². The lowest BCUT2D eigenvalue weighted by Crippen LogP contribution is -2.32. The Labute approximate surface area is 217 Å². The van der Waals surface area contributed by atoms with Crippen LogP contribution in [0, 0.1) is 12.7 Å². The molecule has 8 nitrogen and oxygen atoms in total. The van der Waals surface area contributed by atoms with Crippen LogP contribution in [0.15, 0.2) is 35.5 Å². The molecule has 37 heavy (non-hydrogen) atoms. The fourth-order valence-electron chi connectivity index (χ4n) is 5.08. The molecule has 0 saturated heterocycles. The van der Waals surface area contributed by atoms with E-state index in [9.17, 15) is 17.6 Å². The van der Waals surface area contributed by atoms with Gasteiger partial charge in [-0.1, -0.05) is 0 Å². The van der Waals surface area contributed by atoms with E-state index < -0.39 is 15.9 Å². The highest BCUT2D eigenvalue weighted by Crippen LogP contribution is 2.38. The maximum absolute atomic E-state index is 15.0. The monoisotopic (exact) mass is 525 g/mol. The second-order valence-electron chi connectivity index (χ2n) is 10.3. The van der Waals surface area contributed by atoms with Crippen molar-refractivity contribution in [3.05, 3.63) is 64.4 Å². The Morgan fingerprint density at radius 1 is 1.22 bits per heavy atom. The van der Waals surface area contributed by atoms with Crippen molar-refractivity contribution in [2.24, 2.45) is 0 Å².